The van der Waals surface area contributed by atoms with Gasteiger partial charge in [-0.25, -0.2) is 0 Å². The number of hydrogen-bond donors (Lipinski definition) is 0. The zero-order chi connectivity index (χ0) is 31.4. The van der Waals surface area contributed by atoms with E-state index in [4.69, 9.17) is 46.4 Å². The van der Waals surface area contributed by atoms with E-state index in [1.165, 1.54) is 0 Å². The van der Waals surface area contributed by atoms with Gasteiger partial charge in [0.25, 0.3) is 0 Å². The lowest BCUT2D eigenvalue weighted by Gasteiger charge is -2.59. The average molecular weight is 687 g/mol. The minimum absolute atomic E-state index is 0.232. The Bertz CT molecular complexity index is 1770. The van der Waals surface area contributed by atoms with Gasteiger partial charge in [0, 0.05) is 31.9 Å². The third kappa shape index (κ3) is 4.06. The topological polar surface area (TPSA) is 0 Å². The fourth-order valence-corrected chi connectivity index (χ4v) is 10.1. The Kier molecular flexibility index (Phi) is 6.91. The molecule has 0 saturated heterocycles. The van der Waals surface area contributed by atoms with Crippen LogP contribution in [0, 0.1) is 22.9 Å². The summed E-state index contributed by atoms with van der Waals surface area (Å²) in [5.41, 5.74) is 14.4. The maximum absolute atomic E-state index is 7.32. The molecule has 0 nitrogen and oxygen atoms in total. The summed E-state index contributed by atoms with van der Waals surface area (Å²) in [7, 11) is -3.86. The minimum atomic E-state index is -1.93. The predicted molar refractivity (Wildman–Crippen MR) is 193 cm³/mol. The van der Waals surface area contributed by atoms with Gasteiger partial charge in [0.15, 0.2) is 0 Å². The van der Waals surface area contributed by atoms with Crippen molar-refractivity contribution in [3.63, 3.8) is 0 Å². The molecule has 6 aliphatic carbocycles. The summed E-state index contributed by atoms with van der Waals surface area (Å²) in [5, 5.41) is 2.78. The average Bonchev–Trinajstić information content (AvgIpc) is 2.93. The maximum Gasteiger partial charge on any atom is 0.129 e. The monoisotopic (exact) mass is 684 g/mol. The first-order valence-corrected chi connectivity index (χ1v) is 23.5. The van der Waals surface area contributed by atoms with Gasteiger partial charge < -0.3 is 0 Å². The summed E-state index contributed by atoms with van der Waals surface area (Å²) >= 11 is 29.3. The van der Waals surface area contributed by atoms with Crippen molar-refractivity contribution in [1.29, 1.82) is 0 Å². The van der Waals surface area contributed by atoms with Crippen molar-refractivity contribution in [2.45, 2.75) is 61.9 Å². The molecule has 44 heavy (non-hydrogen) atoms. The van der Waals surface area contributed by atoms with Crippen LogP contribution in [0.5, 0.6) is 0 Å². The quantitative estimate of drug-likeness (QED) is 0.128. The molecule has 0 N–H and O–H groups in total. The first-order valence-electron chi connectivity index (χ1n) is 15.0. The van der Waals surface area contributed by atoms with Gasteiger partial charge in [-0.05, 0) is 68.8 Å². The molecule has 0 aromatic heterocycles. The molecule has 0 radical (unpaired) electrons. The molecule has 0 unspecified atom stereocenters. The molecule has 4 aromatic carbocycles. The molecule has 220 valence electrons. The normalized spacial score (nSPS) is 24.0. The summed E-state index contributed by atoms with van der Waals surface area (Å²) in [6, 6.07) is 25.1. The van der Waals surface area contributed by atoms with Crippen LogP contribution in [0.25, 0.3) is 0 Å². The lowest BCUT2D eigenvalue weighted by molar-refractivity contribution is 0.404. The highest BCUT2D eigenvalue weighted by Gasteiger charge is 2.66. The van der Waals surface area contributed by atoms with Gasteiger partial charge in [-0.1, -0.05) is 146 Å². The van der Waals surface area contributed by atoms with E-state index in [0.717, 1.165) is 44.5 Å². The van der Waals surface area contributed by atoms with Gasteiger partial charge in [-0.2, -0.15) is 0 Å². The minimum Gasteiger partial charge on any atom is -0.131 e. The second-order valence-electron chi connectivity index (χ2n) is 14.3. The lowest BCUT2D eigenvalue weighted by Crippen LogP contribution is -2.57. The van der Waals surface area contributed by atoms with Crippen molar-refractivity contribution in [1.82, 2.24) is 0 Å². The highest BCUT2D eigenvalue weighted by molar-refractivity contribution is 6.84. The standard InChI is InChI=1S/C38H32Cl4Si2/c1-43(2,3)21-19-37-23-11-7-15-27(39)31(23)35(32-24(37)12-8-16-28(32)40)36-33-25(13-9-17-29(33)41)38(37,20-22-44(4,5)6)26-14-10-18-30(42)34(26)36/h7-18,35-36H,1-6H3. The molecule has 6 aliphatic rings. The molecule has 0 aliphatic heterocycles. The largest absolute Gasteiger partial charge is 0.131 e. The highest BCUT2D eigenvalue weighted by Crippen LogP contribution is 2.71. The van der Waals surface area contributed by atoms with Crippen molar-refractivity contribution in [2.24, 2.45) is 0 Å². The third-order valence-electron chi connectivity index (χ3n) is 9.22. The van der Waals surface area contributed by atoms with Crippen LogP contribution in [0.2, 0.25) is 59.4 Å². The van der Waals surface area contributed by atoms with Crippen LogP contribution in [0.1, 0.15) is 56.3 Å². The fraction of sp³-hybridized carbons (Fsp3) is 0.263. The second kappa shape index (κ2) is 10.0. The SMILES string of the molecule is C[Si](C)(C)C#CC12c3cccc(Cl)c3C(c3c(Cl)cccc31)C1c3c(Cl)cccc3C2(C#C[Si](C)(C)C)c2cccc(Cl)c21. The van der Waals surface area contributed by atoms with Crippen LogP contribution in [0.4, 0.5) is 0 Å². The van der Waals surface area contributed by atoms with Crippen LogP contribution < -0.4 is 0 Å². The number of hydrogen-bond acceptors (Lipinski definition) is 0. The molecule has 6 heteroatoms. The zero-order valence-corrected chi connectivity index (χ0v) is 30.6. The van der Waals surface area contributed by atoms with Crippen molar-refractivity contribution in [2.75, 3.05) is 0 Å². The third-order valence-corrected chi connectivity index (χ3v) is 12.3. The Hall–Kier alpha value is -2.41. The molecular weight excluding hydrogens is 654 g/mol. The summed E-state index contributed by atoms with van der Waals surface area (Å²) in [5.74, 6) is 7.62. The highest BCUT2D eigenvalue weighted by atomic mass is 35.5. The summed E-state index contributed by atoms with van der Waals surface area (Å²) < 4.78 is 0. The lowest BCUT2D eigenvalue weighted by atomic mass is 9.41. The van der Waals surface area contributed by atoms with Gasteiger partial charge in [0.2, 0.25) is 0 Å². The van der Waals surface area contributed by atoms with E-state index >= 15 is 0 Å². The number of halogens is 4. The summed E-state index contributed by atoms with van der Waals surface area (Å²) in [4.78, 5) is 0. The van der Waals surface area contributed by atoms with Gasteiger partial charge >= 0.3 is 0 Å². The van der Waals surface area contributed by atoms with Gasteiger partial charge in [-0.15, -0.1) is 11.1 Å². The molecule has 0 amide bonds. The van der Waals surface area contributed by atoms with E-state index in [0.29, 0.717) is 20.1 Å². The number of benzene rings is 4. The molecular formula is C38H32Cl4Si2. The molecule has 4 bridgehead atoms. The molecule has 0 fully saturated rings. The molecule has 0 saturated carbocycles. The molecule has 0 spiro atoms. The van der Waals surface area contributed by atoms with E-state index < -0.39 is 27.0 Å². The zero-order valence-electron chi connectivity index (χ0n) is 25.6. The van der Waals surface area contributed by atoms with E-state index in [9.17, 15) is 0 Å². The Morgan fingerprint density at radius 2 is 0.705 bits per heavy atom. The summed E-state index contributed by atoms with van der Waals surface area (Å²) in [6.45, 7) is 13.7. The van der Waals surface area contributed by atoms with E-state index in [-0.39, 0.29) is 11.8 Å². The van der Waals surface area contributed by atoms with Crippen LogP contribution in [0.15, 0.2) is 72.8 Å². The molecule has 4 aromatic rings. The predicted octanol–water partition coefficient (Wildman–Crippen LogP) is 11.2. The van der Waals surface area contributed by atoms with E-state index in [2.05, 4.69) is 111 Å². The number of rotatable bonds is 0. The smallest absolute Gasteiger partial charge is 0.129 e. The maximum atomic E-state index is 7.32. The Morgan fingerprint density at radius 3 is 0.932 bits per heavy atom. The van der Waals surface area contributed by atoms with Crippen LogP contribution in [-0.4, -0.2) is 16.1 Å². The van der Waals surface area contributed by atoms with E-state index in [1.807, 2.05) is 24.3 Å². The van der Waals surface area contributed by atoms with Gasteiger partial charge in [0.05, 0.1) is 0 Å². The summed E-state index contributed by atoms with van der Waals surface area (Å²) in [6.07, 6.45) is 0. The molecule has 0 atom stereocenters. The van der Waals surface area contributed by atoms with Crippen molar-refractivity contribution in [3.8, 4) is 22.9 Å². The van der Waals surface area contributed by atoms with Crippen molar-refractivity contribution in [3.05, 3.63) is 137 Å². The molecule has 10 rings (SSSR count). The first kappa shape index (κ1) is 30.3. The van der Waals surface area contributed by atoms with Gasteiger partial charge in [0.1, 0.15) is 27.0 Å². The Morgan fingerprint density at radius 1 is 0.455 bits per heavy atom. The molecule has 0 heterocycles. The van der Waals surface area contributed by atoms with Gasteiger partial charge in [-0.3, -0.25) is 0 Å². The second-order valence-corrected chi connectivity index (χ2v) is 25.4. The Balaban J connectivity index is 1.89. The Labute approximate surface area is 283 Å². The van der Waals surface area contributed by atoms with Crippen LogP contribution >= 0.6 is 46.4 Å². The van der Waals surface area contributed by atoms with Crippen molar-refractivity contribution >= 4 is 62.6 Å². The first-order chi connectivity index (χ1) is 20.7. The fourth-order valence-electron chi connectivity index (χ4n) is 7.79. The van der Waals surface area contributed by atoms with Crippen LogP contribution in [-0.2, 0) is 10.8 Å². The van der Waals surface area contributed by atoms with Crippen LogP contribution in [0.3, 0.4) is 0 Å². The van der Waals surface area contributed by atoms with Crippen molar-refractivity contribution < 1.29 is 0 Å². The van der Waals surface area contributed by atoms with E-state index in [1.54, 1.807) is 0 Å².